The first-order valence-corrected chi connectivity index (χ1v) is 16.8. The van der Waals surface area contributed by atoms with E-state index in [1.807, 2.05) is 5.32 Å². The zero-order chi connectivity index (χ0) is 46.6. The molecule has 1 amide bonds. The van der Waals surface area contributed by atoms with Crippen LogP contribution in [-0.4, -0.2) is 124 Å². The fourth-order valence-corrected chi connectivity index (χ4v) is 4.03. The summed E-state index contributed by atoms with van der Waals surface area (Å²) in [6.45, 7) is 4.83. The van der Waals surface area contributed by atoms with Gasteiger partial charge in [0.25, 0.3) is 17.8 Å². The number of halogens is 10. The predicted molar refractivity (Wildman–Crippen MR) is 182 cm³/mol. The maximum absolute atomic E-state index is 14.3. The minimum Gasteiger partial charge on any atom is -0.465 e. The van der Waals surface area contributed by atoms with Gasteiger partial charge in [0.1, 0.15) is 58.0 Å². The molecule has 60 heavy (non-hydrogen) atoms. The van der Waals surface area contributed by atoms with Gasteiger partial charge in [-0.15, -0.1) is 0 Å². The number of hydrogen-bond donors (Lipinski definition) is 1. The first-order valence-electron chi connectivity index (χ1n) is 16.8. The molecule has 0 saturated heterocycles. The van der Waals surface area contributed by atoms with Gasteiger partial charge in [0, 0.05) is 36.1 Å². The lowest BCUT2D eigenvalue weighted by molar-refractivity contribution is -0.398. The average molecular weight is 892 g/mol. The lowest BCUT2D eigenvalue weighted by Crippen LogP contribution is -2.54. The van der Waals surface area contributed by atoms with Crippen molar-refractivity contribution in [1.82, 2.24) is 5.32 Å². The summed E-state index contributed by atoms with van der Waals surface area (Å²) in [5, 5.41) is 1.87. The van der Waals surface area contributed by atoms with Gasteiger partial charge in [-0.3, -0.25) is 9.53 Å². The standard InChI is InChI=1S/C35H43F10NO14/c1-7-23(47)55-16-29(5,17-56-24(48)8-2)13-27(51)54-12-11-31(36,37)20-53-21-32(38,39)14-34(42,43)60-35(44,45)15-33(40,41)22-59-28(52)46-30(6,18-57-25(49)9-3)19-58-26(50)10-4/h7-10H,1-4,11-22H2,5-6H3,(H,46,52). The molecule has 0 aromatic carbocycles. The zero-order valence-electron chi connectivity index (χ0n) is 32.1. The number of hydrogen-bond acceptors (Lipinski definition) is 14. The Bertz CT molecular complexity index is 1490. The van der Waals surface area contributed by atoms with Crippen LogP contribution in [0.2, 0.25) is 0 Å². The highest BCUT2D eigenvalue weighted by Crippen LogP contribution is 2.40. The lowest BCUT2D eigenvalue weighted by Gasteiger charge is -2.30. The highest BCUT2D eigenvalue weighted by atomic mass is 19.3. The molecular formula is C35H43F10NO14. The van der Waals surface area contributed by atoms with Gasteiger partial charge in [0.05, 0.1) is 13.0 Å². The third-order valence-corrected chi connectivity index (χ3v) is 6.83. The van der Waals surface area contributed by atoms with Crippen molar-refractivity contribution in [3.8, 4) is 0 Å². The fraction of sp³-hybridized carbons (Fsp3) is 0.600. The van der Waals surface area contributed by atoms with Gasteiger partial charge in [0.2, 0.25) is 0 Å². The Labute approximate surface area is 335 Å². The molecule has 0 aliphatic heterocycles. The summed E-state index contributed by atoms with van der Waals surface area (Å²) in [5.41, 5.74) is -3.32. The molecule has 0 aromatic rings. The molecule has 25 heteroatoms. The number of carbonyl (C=O) groups is 6. The van der Waals surface area contributed by atoms with E-state index in [1.54, 1.807) is 0 Å². The van der Waals surface area contributed by atoms with Gasteiger partial charge >= 0.3 is 48.2 Å². The molecule has 0 aliphatic carbocycles. The van der Waals surface area contributed by atoms with E-state index in [0.717, 1.165) is 19.1 Å². The number of ether oxygens (including phenoxy) is 8. The van der Waals surface area contributed by atoms with Crippen LogP contribution < -0.4 is 5.32 Å². The second-order valence-electron chi connectivity index (χ2n) is 13.3. The number of alkyl halides is 10. The third-order valence-electron chi connectivity index (χ3n) is 6.83. The Morgan fingerprint density at radius 2 is 0.900 bits per heavy atom. The normalized spacial score (nSPS) is 12.6. The molecule has 0 unspecified atom stereocenters. The number of alkyl carbamates (subject to hydrolysis) is 1. The fourth-order valence-electron chi connectivity index (χ4n) is 4.03. The molecule has 0 spiro atoms. The summed E-state index contributed by atoms with van der Waals surface area (Å²) < 4.78 is 177. The van der Waals surface area contributed by atoms with Gasteiger partial charge in [-0.1, -0.05) is 33.2 Å². The predicted octanol–water partition coefficient (Wildman–Crippen LogP) is 5.62. The van der Waals surface area contributed by atoms with Gasteiger partial charge in [-0.25, -0.2) is 50.3 Å². The number of esters is 5. The number of carbonyl (C=O) groups excluding carboxylic acids is 6. The lowest BCUT2D eigenvalue weighted by atomic mass is 9.88. The monoisotopic (exact) mass is 891 g/mol. The molecule has 0 fully saturated rings. The van der Waals surface area contributed by atoms with Gasteiger partial charge in [-0.2, -0.15) is 17.6 Å². The van der Waals surface area contributed by atoms with Crippen molar-refractivity contribution in [2.24, 2.45) is 5.41 Å². The highest BCUT2D eigenvalue weighted by Gasteiger charge is 2.54. The minimum atomic E-state index is -5.59. The summed E-state index contributed by atoms with van der Waals surface area (Å²) in [7, 11) is 0. The summed E-state index contributed by atoms with van der Waals surface area (Å²) in [6.07, 6.45) is -18.0. The molecule has 0 heterocycles. The van der Waals surface area contributed by atoms with Crippen LogP contribution in [0.1, 0.15) is 39.5 Å². The SMILES string of the molecule is C=CC(=O)OCC(C)(COC(=O)C=C)CC(=O)OCCC(F)(F)COCC(F)(F)CC(F)(F)OC(F)(F)CC(F)(F)COC(=O)NC(C)(COC(=O)C=C)COC(=O)C=C. The van der Waals surface area contributed by atoms with Crippen molar-refractivity contribution in [2.75, 3.05) is 52.9 Å². The van der Waals surface area contributed by atoms with Crippen molar-refractivity contribution in [3.05, 3.63) is 50.6 Å². The van der Waals surface area contributed by atoms with Gasteiger partial charge < -0.3 is 38.5 Å². The van der Waals surface area contributed by atoms with Crippen molar-refractivity contribution >= 4 is 35.9 Å². The Hall–Kier alpha value is -5.20. The zero-order valence-corrected chi connectivity index (χ0v) is 32.1. The molecule has 1 N–H and O–H groups in total. The number of amides is 1. The van der Waals surface area contributed by atoms with E-state index in [2.05, 4.69) is 45.3 Å². The Morgan fingerprint density at radius 3 is 1.32 bits per heavy atom. The van der Waals surface area contributed by atoms with Crippen LogP contribution in [0.4, 0.5) is 48.7 Å². The first kappa shape index (κ1) is 54.8. The summed E-state index contributed by atoms with van der Waals surface area (Å²) >= 11 is 0. The van der Waals surface area contributed by atoms with E-state index in [-0.39, 0.29) is 0 Å². The van der Waals surface area contributed by atoms with Crippen LogP contribution in [0.25, 0.3) is 0 Å². The molecule has 342 valence electrons. The van der Waals surface area contributed by atoms with Crippen LogP contribution in [0, 0.1) is 5.41 Å². The second-order valence-corrected chi connectivity index (χ2v) is 13.3. The van der Waals surface area contributed by atoms with E-state index < -0.39 is 155 Å². The Morgan fingerprint density at radius 1 is 0.517 bits per heavy atom. The summed E-state index contributed by atoms with van der Waals surface area (Å²) in [6, 6.07) is 0. The quantitative estimate of drug-likeness (QED) is 0.0405. The van der Waals surface area contributed by atoms with E-state index in [0.29, 0.717) is 12.2 Å². The molecule has 0 bridgehead atoms. The van der Waals surface area contributed by atoms with E-state index in [1.165, 1.54) is 6.92 Å². The largest absolute Gasteiger partial charge is 0.465 e. The maximum Gasteiger partial charge on any atom is 0.408 e. The van der Waals surface area contributed by atoms with Crippen LogP contribution in [-0.2, 0) is 61.9 Å². The number of rotatable bonds is 30. The van der Waals surface area contributed by atoms with E-state index in [4.69, 9.17) is 18.9 Å². The molecule has 15 nitrogen and oxygen atoms in total. The molecule has 0 saturated carbocycles. The number of nitrogens with one attached hydrogen (secondary N) is 1. The topological polar surface area (TPSA) is 188 Å². The smallest absolute Gasteiger partial charge is 0.408 e. The molecule has 0 radical (unpaired) electrons. The van der Waals surface area contributed by atoms with Crippen molar-refractivity contribution in [3.63, 3.8) is 0 Å². The molecule has 0 atom stereocenters. The molecule has 0 aliphatic rings. The Kier molecular flexibility index (Phi) is 21.5. The van der Waals surface area contributed by atoms with Gasteiger partial charge in [-0.05, 0) is 6.92 Å². The second kappa shape index (κ2) is 23.6. The maximum atomic E-state index is 14.3. The van der Waals surface area contributed by atoms with Crippen molar-refractivity contribution < 1.29 is 111 Å². The van der Waals surface area contributed by atoms with E-state index >= 15 is 0 Å². The third kappa shape index (κ3) is 24.7. The van der Waals surface area contributed by atoms with Gasteiger partial charge in [0.15, 0.2) is 6.61 Å². The average Bonchev–Trinajstić information content (AvgIpc) is 3.11. The van der Waals surface area contributed by atoms with Crippen LogP contribution in [0.15, 0.2) is 50.6 Å². The van der Waals surface area contributed by atoms with Crippen molar-refractivity contribution in [1.29, 1.82) is 0 Å². The molecular weight excluding hydrogens is 848 g/mol. The summed E-state index contributed by atoms with van der Waals surface area (Å²) in [4.78, 5) is 70.0. The Balaban J connectivity index is 5.16. The first-order chi connectivity index (χ1) is 27.3. The molecule has 0 aromatic heterocycles. The highest BCUT2D eigenvalue weighted by molar-refractivity contribution is 5.82. The minimum absolute atomic E-state index is 0.529. The van der Waals surface area contributed by atoms with Crippen LogP contribution in [0.3, 0.4) is 0 Å². The molecule has 0 rings (SSSR count). The van der Waals surface area contributed by atoms with Crippen LogP contribution >= 0.6 is 0 Å². The summed E-state index contributed by atoms with van der Waals surface area (Å²) in [5.74, 6) is -18.9. The van der Waals surface area contributed by atoms with Crippen LogP contribution in [0.5, 0.6) is 0 Å². The van der Waals surface area contributed by atoms with Crippen molar-refractivity contribution in [2.45, 2.75) is 75.1 Å². The van der Waals surface area contributed by atoms with E-state index in [9.17, 15) is 72.7 Å².